The molecule has 0 aromatic heterocycles. The largest absolute Gasteiger partial charge is 0.385 e. The minimum atomic E-state index is -3.45. The van der Waals surface area contributed by atoms with Crippen LogP contribution in [0.25, 0.3) is 0 Å². The smallest absolute Gasteiger partial charge is 0.241 e. The van der Waals surface area contributed by atoms with Crippen LogP contribution in [0.3, 0.4) is 0 Å². The van der Waals surface area contributed by atoms with Crippen LogP contribution in [0.5, 0.6) is 0 Å². The van der Waals surface area contributed by atoms with Crippen LogP contribution in [0.1, 0.15) is 39.2 Å². The molecule has 0 saturated heterocycles. The summed E-state index contributed by atoms with van der Waals surface area (Å²) in [5.41, 5.74) is 1.88. The fraction of sp³-hybridized carbons (Fsp3) is 0.600. The second-order valence-corrected chi connectivity index (χ2v) is 7.38. The molecule has 4 nitrogen and oxygen atoms in total. The summed E-state index contributed by atoms with van der Waals surface area (Å²) < 4.78 is 28.1. The van der Waals surface area contributed by atoms with Crippen LogP contribution in [0, 0.1) is 5.92 Å². The lowest BCUT2D eigenvalue weighted by molar-refractivity contribution is 0.437. The van der Waals surface area contributed by atoms with Crippen LogP contribution in [0.4, 0.5) is 5.69 Å². The number of fused-ring (bicyclic) bond motifs is 1. The third kappa shape index (κ3) is 3.15. The van der Waals surface area contributed by atoms with Gasteiger partial charge in [-0.05, 0) is 42.9 Å². The lowest BCUT2D eigenvalue weighted by Crippen LogP contribution is -2.38. The zero-order valence-electron chi connectivity index (χ0n) is 12.4. The Balaban J connectivity index is 2.35. The number of hydrogen-bond donors (Lipinski definition) is 2. The number of rotatable bonds is 5. The third-order valence-electron chi connectivity index (χ3n) is 3.89. The van der Waals surface area contributed by atoms with Crippen molar-refractivity contribution in [1.29, 1.82) is 0 Å². The summed E-state index contributed by atoms with van der Waals surface area (Å²) >= 11 is 0. The highest BCUT2D eigenvalue weighted by Gasteiger charge is 2.25. The van der Waals surface area contributed by atoms with Gasteiger partial charge in [0.15, 0.2) is 0 Å². The van der Waals surface area contributed by atoms with Crippen molar-refractivity contribution in [2.24, 2.45) is 5.92 Å². The van der Waals surface area contributed by atoms with Gasteiger partial charge in [0.2, 0.25) is 10.0 Å². The van der Waals surface area contributed by atoms with Crippen molar-refractivity contribution in [3.05, 3.63) is 23.8 Å². The summed E-state index contributed by atoms with van der Waals surface area (Å²) in [4.78, 5) is 0.432. The molecule has 1 unspecified atom stereocenters. The Morgan fingerprint density at radius 2 is 2.10 bits per heavy atom. The Labute approximate surface area is 122 Å². The van der Waals surface area contributed by atoms with Gasteiger partial charge in [0, 0.05) is 18.3 Å². The van der Waals surface area contributed by atoms with Crippen LogP contribution in [0.15, 0.2) is 23.1 Å². The van der Waals surface area contributed by atoms with Gasteiger partial charge in [0.25, 0.3) is 0 Å². The van der Waals surface area contributed by atoms with E-state index in [0.717, 1.165) is 37.1 Å². The molecule has 0 amide bonds. The number of hydrogen-bond acceptors (Lipinski definition) is 3. The third-order valence-corrected chi connectivity index (χ3v) is 5.47. The van der Waals surface area contributed by atoms with Gasteiger partial charge in [-0.25, -0.2) is 13.1 Å². The minimum absolute atomic E-state index is 0.0209. The average molecular weight is 296 g/mol. The molecule has 0 aliphatic carbocycles. The highest BCUT2D eigenvalue weighted by molar-refractivity contribution is 7.89. The Morgan fingerprint density at radius 1 is 1.35 bits per heavy atom. The van der Waals surface area contributed by atoms with Gasteiger partial charge in [0.05, 0.1) is 4.90 Å². The SMILES string of the molecule is CCC(NS(=O)(=O)c1cccc2c1CCCN2)C(C)C. The maximum absolute atomic E-state index is 12.6. The summed E-state index contributed by atoms with van der Waals surface area (Å²) in [5.74, 6) is 0.285. The quantitative estimate of drug-likeness (QED) is 0.878. The van der Waals surface area contributed by atoms with E-state index in [9.17, 15) is 8.42 Å². The molecule has 1 aromatic rings. The summed E-state index contributed by atoms with van der Waals surface area (Å²) in [5, 5.41) is 3.27. The fourth-order valence-electron chi connectivity index (χ4n) is 2.68. The van der Waals surface area contributed by atoms with Crippen LogP contribution < -0.4 is 10.0 Å². The molecular weight excluding hydrogens is 272 g/mol. The first-order chi connectivity index (χ1) is 9.45. The standard InChI is InChI=1S/C15H24N2O2S/c1-4-13(11(2)3)17-20(18,19)15-9-5-8-14-12(15)7-6-10-16-14/h5,8-9,11,13,16-17H,4,6-7,10H2,1-3H3. The highest BCUT2D eigenvalue weighted by atomic mass is 32.2. The van der Waals surface area contributed by atoms with Crippen molar-refractivity contribution in [2.45, 2.75) is 51.0 Å². The molecule has 112 valence electrons. The van der Waals surface area contributed by atoms with Gasteiger partial charge < -0.3 is 5.32 Å². The first-order valence-electron chi connectivity index (χ1n) is 7.33. The summed E-state index contributed by atoms with van der Waals surface area (Å²) in [6.07, 6.45) is 2.59. The van der Waals surface area contributed by atoms with E-state index in [1.54, 1.807) is 6.07 Å². The Bertz CT molecular complexity index is 567. The first-order valence-corrected chi connectivity index (χ1v) is 8.82. The van der Waals surface area contributed by atoms with E-state index in [0.29, 0.717) is 4.90 Å². The molecule has 1 aliphatic heterocycles. The molecule has 1 aromatic carbocycles. The minimum Gasteiger partial charge on any atom is -0.385 e. The predicted molar refractivity (Wildman–Crippen MR) is 82.5 cm³/mol. The van der Waals surface area contributed by atoms with Crippen molar-refractivity contribution in [3.63, 3.8) is 0 Å². The number of nitrogens with one attached hydrogen (secondary N) is 2. The van der Waals surface area contributed by atoms with Gasteiger partial charge in [-0.2, -0.15) is 0 Å². The van der Waals surface area contributed by atoms with Crippen molar-refractivity contribution in [1.82, 2.24) is 4.72 Å². The topological polar surface area (TPSA) is 58.2 Å². The molecule has 20 heavy (non-hydrogen) atoms. The summed E-state index contributed by atoms with van der Waals surface area (Å²) in [6, 6.07) is 5.45. The zero-order chi connectivity index (χ0) is 14.8. The Hall–Kier alpha value is -1.07. The normalized spacial score (nSPS) is 16.6. The summed E-state index contributed by atoms with van der Waals surface area (Å²) in [6.45, 7) is 7.00. The molecule has 0 fully saturated rings. The second-order valence-electron chi connectivity index (χ2n) is 5.69. The first kappa shape index (κ1) is 15.3. The Morgan fingerprint density at radius 3 is 2.75 bits per heavy atom. The fourth-order valence-corrected chi connectivity index (χ4v) is 4.44. The van der Waals surface area contributed by atoms with Crippen LogP contribution >= 0.6 is 0 Å². The molecule has 5 heteroatoms. The average Bonchev–Trinajstić information content (AvgIpc) is 2.43. The monoisotopic (exact) mass is 296 g/mol. The van der Waals surface area contributed by atoms with Gasteiger partial charge >= 0.3 is 0 Å². The molecular formula is C15H24N2O2S. The lowest BCUT2D eigenvalue weighted by Gasteiger charge is -2.24. The van der Waals surface area contributed by atoms with E-state index >= 15 is 0 Å². The maximum Gasteiger partial charge on any atom is 0.241 e. The van der Waals surface area contributed by atoms with Crippen molar-refractivity contribution in [3.8, 4) is 0 Å². The molecule has 0 bridgehead atoms. The number of benzene rings is 1. The van der Waals surface area contributed by atoms with Crippen LogP contribution in [-0.2, 0) is 16.4 Å². The highest BCUT2D eigenvalue weighted by Crippen LogP contribution is 2.28. The number of anilines is 1. The van der Waals surface area contributed by atoms with Crippen LogP contribution in [-0.4, -0.2) is 21.0 Å². The van der Waals surface area contributed by atoms with Gasteiger partial charge in [-0.3, -0.25) is 0 Å². The molecule has 1 atom stereocenters. The van der Waals surface area contributed by atoms with E-state index in [1.165, 1.54) is 0 Å². The molecule has 2 N–H and O–H groups in total. The van der Waals surface area contributed by atoms with E-state index in [4.69, 9.17) is 0 Å². The van der Waals surface area contributed by atoms with Crippen molar-refractivity contribution in [2.75, 3.05) is 11.9 Å². The van der Waals surface area contributed by atoms with Gasteiger partial charge in [0.1, 0.15) is 0 Å². The molecule has 0 spiro atoms. The second kappa shape index (κ2) is 6.14. The van der Waals surface area contributed by atoms with Crippen LogP contribution in [0.2, 0.25) is 0 Å². The Kier molecular flexibility index (Phi) is 4.70. The zero-order valence-corrected chi connectivity index (χ0v) is 13.3. The molecule has 1 aliphatic rings. The molecule has 2 rings (SSSR count). The van der Waals surface area contributed by atoms with E-state index < -0.39 is 10.0 Å². The van der Waals surface area contributed by atoms with Gasteiger partial charge in [-0.15, -0.1) is 0 Å². The van der Waals surface area contributed by atoms with Crippen molar-refractivity contribution < 1.29 is 8.42 Å². The number of sulfonamides is 1. The molecule has 0 saturated carbocycles. The maximum atomic E-state index is 12.6. The summed E-state index contributed by atoms with van der Waals surface area (Å²) in [7, 11) is -3.45. The molecule has 1 heterocycles. The van der Waals surface area contributed by atoms with Crippen molar-refractivity contribution >= 4 is 15.7 Å². The molecule has 0 radical (unpaired) electrons. The lowest BCUT2D eigenvalue weighted by atomic mass is 10.0. The van der Waals surface area contributed by atoms with E-state index in [2.05, 4.69) is 10.0 Å². The van der Waals surface area contributed by atoms with Gasteiger partial charge in [-0.1, -0.05) is 26.8 Å². The van der Waals surface area contributed by atoms with E-state index in [1.807, 2.05) is 32.9 Å². The predicted octanol–water partition coefficient (Wildman–Crippen LogP) is 2.76. The van der Waals surface area contributed by atoms with E-state index in [-0.39, 0.29) is 12.0 Å².